The summed E-state index contributed by atoms with van der Waals surface area (Å²) in [5, 5.41) is 11.6. The van der Waals surface area contributed by atoms with E-state index in [0.717, 1.165) is 36.1 Å². The van der Waals surface area contributed by atoms with Crippen LogP contribution in [0.4, 0.5) is 0 Å². The number of hydrogen-bond acceptors (Lipinski definition) is 3. The van der Waals surface area contributed by atoms with E-state index in [1.165, 1.54) is 11.1 Å². The molecule has 0 saturated carbocycles. The number of benzene rings is 2. The standard InChI is InChI=1S/C21H25ClN6.HI/c1-2-24-21(25-11-10-17-6-8-20(22)9-7-17)26-13-18-4-3-5-19(12-18)14-28-16-23-15-27-28;/h3-9,12,15-16H,2,10-11,13-14H2,1H3,(H2,24,25,26);1H. The number of nitrogens with zero attached hydrogens (tertiary/aromatic N) is 4. The van der Waals surface area contributed by atoms with Crippen LogP contribution in [-0.4, -0.2) is 33.8 Å². The van der Waals surface area contributed by atoms with Crippen molar-refractivity contribution in [1.82, 2.24) is 25.4 Å². The smallest absolute Gasteiger partial charge is 0.191 e. The third kappa shape index (κ3) is 8.02. The first-order valence-corrected chi connectivity index (χ1v) is 9.77. The van der Waals surface area contributed by atoms with Crippen LogP contribution in [0.2, 0.25) is 5.02 Å². The fourth-order valence-electron chi connectivity index (χ4n) is 2.82. The summed E-state index contributed by atoms with van der Waals surface area (Å²) in [6.45, 7) is 5.01. The molecule has 0 amide bonds. The molecular formula is C21H26ClIN6. The van der Waals surface area contributed by atoms with Gasteiger partial charge in [0.1, 0.15) is 12.7 Å². The molecule has 29 heavy (non-hydrogen) atoms. The van der Waals surface area contributed by atoms with Gasteiger partial charge in [0, 0.05) is 18.1 Å². The second-order valence-electron chi connectivity index (χ2n) is 6.41. The Morgan fingerprint density at radius 1 is 1.07 bits per heavy atom. The third-order valence-electron chi connectivity index (χ3n) is 4.19. The minimum Gasteiger partial charge on any atom is -0.357 e. The van der Waals surface area contributed by atoms with E-state index in [1.54, 1.807) is 12.7 Å². The molecule has 6 nitrogen and oxygen atoms in total. The van der Waals surface area contributed by atoms with E-state index >= 15 is 0 Å². The van der Waals surface area contributed by atoms with Crippen LogP contribution >= 0.6 is 35.6 Å². The molecule has 0 saturated heterocycles. The molecule has 0 unspecified atom stereocenters. The van der Waals surface area contributed by atoms with E-state index in [-0.39, 0.29) is 24.0 Å². The maximum Gasteiger partial charge on any atom is 0.191 e. The van der Waals surface area contributed by atoms with Gasteiger partial charge in [-0.05, 0) is 42.2 Å². The monoisotopic (exact) mass is 524 g/mol. The van der Waals surface area contributed by atoms with Crippen LogP contribution in [0.3, 0.4) is 0 Å². The summed E-state index contributed by atoms with van der Waals surface area (Å²) in [6.07, 6.45) is 4.18. The molecule has 0 radical (unpaired) electrons. The molecule has 2 aromatic carbocycles. The lowest BCUT2D eigenvalue weighted by atomic mass is 10.1. The van der Waals surface area contributed by atoms with Crippen molar-refractivity contribution in [1.29, 1.82) is 0 Å². The first-order valence-electron chi connectivity index (χ1n) is 9.40. The molecule has 0 aliphatic rings. The van der Waals surface area contributed by atoms with Gasteiger partial charge in [0.05, 0.1) is 13.1 Å². The Hall–Kier alpha value is -2.13. The van der Waals surface area contributed by atoms with Crippen molar-refractivity contribution in [2.24, 2.45) is 4.99 Å². The Bertz CT molecular complexity index is 880. The van der Waals surface area contributed by atoms with Gasteiger partial charge in [-0.15, -0.1) is 24.0 Å². The Kier molecular flexibility index (Phi) is 9.93. The molecular weight excluding hydrogens is 499 g/mol. The average Bonchev–Trinajstić information content (AvgIpc) is 3.21. The number of halogens is 2. The van der Waals surface area contributed by atoms with Crippen LogP contribution in [0, 0.1) is 0 Å². The molecule has 0 spiro atoms. The molecule has 154 valence electrons. The summed E-state index contributed by atoms with van der Waals surface area (Å²) in [5.74, 6) is 0.818. The Morgan fingerprint density at radius 2 is 1.86 bits per heavy atom. The van der Waals surface area contributed by atoms with Gasteiger partial charge in [-0.25, -0.2) is 14.7 Å². The number of nitrogens with one attached hydrogen (secondary N) is 2. The van der Waals surface area contributed by atoms with E-state index in [9.17, 15) is 0 Å². The van der Waals surface area contributed by atoms with Gasteiger partial charge in [-0.1, -0.05) is 48.0 Å². The summed E-state index contributed by atoms with van der Waals surface area (Å²) < 4.78 is 1.81. The molecule has 0 aliphatic carbocycles. The maximum absolute atomic E-state index is 5.93. The summed E-state index contributed by atoms with van der Waals surface area (Å²) in [4.78, 5) is 8.69. The zero-order valence-corrected chi connectivity index (χ0v) is 19.5. The summed E-state index contributed by atoms with van der Waals surface area (Å²) in [7, 11) is 0. The summed E-state index contributed by atoms with van der Waals surface area (Å²) in [5.41, 5.74) is 3.58. The molecule has 8 heteroatoms. The predicted octanol–water partition coefficient (Wildman–Crippen LogP) is 3.90. The fraction of sp³-hybridized carbons (Fsp3) is 0.286. The molecule has 1 aromatic heterocycles. The summed E-state index contributed by atoms with van der Waals surface area (Å²) in [6, 6.07) is 16.3. The SMILES string of the molecule is CCNC(=NCc1cccc(Cn2cncn2)c1)NCCc1ccc(Cl)cc1.I. The highest BCUT2D eigenvalue weighted by Gasteiger charge is 2.01. The summed E-state index contributed by atoms with van der Waals surface area (Å²) >= 11 is 5.93. The van der Waals surface area contributed by atoms with Crippen molar-refractivity contribution < 1.29 is 0 Å². The minimum absolute atomic E-state index is 0. The lowest BCUT2D eigenvalue weighted by Crippen LogP contribution is -2.38. The van der Waals surface area contributed by atoms with Crippen LogP contribution in [0.1, 0.15) is 23.6 Å². The molecule has 1 heterocycles. The lowest BCUT2D eigenvalue weighted by Gasteiger charge is -2.11. The zero-order valence-electron chi connectivity index (χ0n) is 16.4. The van der Waals surface area contributed by atoms with Crippen LogP contribution in [-0.2, 0) is 19.5 Å². The second-order valence-corrected chi connectivity index (χ2v) is 6.85. The second kappa shape index (κ2) is 12.4. The van der Waals surface area contributed by atoms with E-state index in [1.807, 2.05) is 16.8 Å². The minimum atomic E-state index is 0. The third-order valence-corrected chi connectivity index (χ3v) is 4.44. The topological polar surface area (TPSA) is 67.1 Å². The molecule has 2 N–H and O–H groups in total. The van der Waals surface area contributed by atoms with E-state index < -0.39 is 0 Å². The van der Waals surface area contributed by atoms with E-state index in [2.05, 4.69) is 64.0 Å². The Balaban J connectivity index is 0.00000300. The average molecular weight is 525 g/mol. The van der Waals surface area contributed by atoms with Gasteiger partial charge in [0.2, 0.25) is 0 Å². The number of hydrogen-bond donors (Lipinski definition) is 2. The van der Waals surface area contributed by atoms with Gasteiger partial charge in [-0.2, -0.15) is 5.10 Å². The van der Waals surface area contributed by atoms with Crippen LogP contribution < -0.4 is 10.6 Å². The van der Waals surface area contributed by atoms with Gasteiger partial charge >= 0.3 is 0 Å². The highest BCUT2D eigenvalue weighted by molar-refractivity contribution is 14.0. The van der Waals surface area contributed by atoms with Gasteiger partial charge in [0.15, 0.2) is 5.96 Å². The molecule has 0 fully saturated rings. The van der Waals surface area contributed by atoms with Crippen molar-refractivity contribution in [3.63, 3.8) is 0 Å². The van der Waals surface area contributed by atoms with Crippen molar-refractivity contribution in [3.05, 3.63) is 82.9 Å². The van der Waals surface area contributed by atoms with Crippen molar-refractivity contribution >= 4 is 41.5 Å². The number of aliphatic imine (C=N–C) groups is 1. The number of aromatic nitrogens is 3. The van der Waals surface area contributed by atoms with Crippen molar-refractivity contribution in [3.8, 4) is 0 Å². The maximum atomic E-state index is 5.93. The van der Waals surface area contributed by atoms with Crippen molar-refractivity contribution in [2.45, 2.75) is 26.4 Å². The quantitative estimate of drug-likeness (QED) is 0.267. The number of guanidine groups is 1. The molecule has 0 atom stereocenters. The van der Waals surface area contributed by atoms with E-state index in [4.69, 9.17) is 16.6 Å². The highest BCUT2D eigenvalue weighted by atomic mass is 127. The molecule has 3 aromatic rings. The highest BCUT2D eigenvalue weighted by Crippen LogP contribution is 2.10. The van der Waals surface area contributed by atoms with E-state index in [0.29, 0.717) is 13.1 Å². The normalized spacial score (nSPS) is 11.0. The predicted molar refractivity (Wildman–Crippen MR) is 129 cm³/mol. The van der Waals surface area contributed by atoms with Gasteiger partial charge < -0.3 is 10.6 Å². The fourth-order valence-corrected chi connectivity index (χ4v) is 2.94. The lowest BCUT2D eigenvalue weighted by molar-refractivity contribution is 0.684. The molecule has 0 bridgehead atoms. The number of rotatable bonds is 8. The Morgan fingerprint density at radius 3 is 2.59 bits per heavy atom. The Labute approximate surface area is 193 Å². The molecule has 0 aliphatic heterocycles. The molecule has 3 rings (SSSR count). The first kappa shape index (κ1) is 23.2. The van der Waals surface area contributed by atoms with Crippen LogP contribution in [0.5, 0.6) is 0 Å². The largest absolute Gasteiger partial charge is 0.357 e. The van der Waals surface area contributed by atoms with Gasteiger partial charge in [-0.3, -0.25) is 0 Å². The first-order chi connectivity index (χ1) is 13.7. The zero-order chi connectivity index (χ0) is 19.6. The van der Waals surface area contributed by atoms with Crippen LogP contribution in [0.15, 0.2) is 66.2 Å². The van der Waals surface area contributed by atoms with Gasteiger partial charge in [0.25, 0.3) is 0 Å². The van der Waals surface area contributed by atoms with Crippen LogP contribution in [0.25, 0.3) is 0 Å². The van der Waals surface area contributed by atoms with Crippen molar-refractivity contribution in [2.75, 3.05) is 13.1 Å².